The van der Waals surface area contributed by atoms with E-state index >= 15 is 0 Å². The van der Waals surface area contributed by atoms with Gasteiger partial charge < -0.3 is 15.8 Å². The molecule has 0 heterocycles. The third-order valence-electron chi connectivity index (χ3n) is 1.97. The van der Waals surface area contributed by atoms with Gasteiger partial charge in [-0.15, -0.1) is 0 Å². The van der Waals surface area contributed by atoms with E-state index in [2.05, 4.69) is 15.7 Å². The molecular weight excluding hydrogens is 210 g/mol. The number of methoxy groups -OCH3 is 1. The van der Waals surface area contributed by atoms with Gasteiger partial charge >= 0.3 is 0 Å². The van der Waals surface area contributed by atoms with Crippen molar-refractivity contribution in [3.63, 3.8) is 0 Å². The summed E-state index contributed by atoms with van der Waals surface area (Å²) in [4.78, 5) is 15.2. The van der Waals surface area contributed by atoms with Crippen molar-refractivity contribution >= 4 is 11.9 Å². The molecule has 0 aliphatic heterocycles. The van der Waals surface area contributed by atoms with Crippen LogP contribution in [0, 0.1) is 5.92 Å². The van der Waals surface area contributed by atoms with Crippen LogP contribution < -0.4 is 22.3 Å². The number of nitrogens with one attached hydrogen (secondary N) is 2. The molecule has 0 radical (unpaired) electrons. The SMILES string of the molecule is COCCN=C(NN)NC(C(N)=O)C(C)C. The third-order valence-corrected chi connectivity index (χ3v) is 1.97. The lowest BCUT2D eigenvalue weighted by atomic mass is 10.0. The molecule has 7 heteroatoms. The van der Waals surface area contributed by atoms with E-state index in [1.807, 2.05) is 13.8 Å². The molecule has 6 N–H and O–H groups in total. The monoisotopic (exact) mass is 231 g/mol. The predicted molar refractivity (Wildman–Crippen MR) is 62.5 cm³/mol. The molecule has 0 aliphatic rings. The summed E-state index contributed by atoms with van der Waals surface area (Å²) < 4.78 is 4.84. The standard InChI is InChI=1S/C9H21N5O2/c1-6(2)7(8(10)15)13-9(14-11)12-4-5-16-3/h6-7H,4-5,11H2,1-3H3,(H2,10,15)(H2,12,13,14). The Balaban J connectivity index is 4.37. The third kappa shape index (κ3) is 5.52. The van der Waals surface area contributed by atoms with Gasteiger partial charge in [0, 0.05) is 7.11 Å². The zero-order valence-corrected chi connectivity index (χ0v) is 9.99. The number of hydrogen-bond donors (Lipinski definition) is 4. The van der Waals surface area contributed by atoms with Crippen molar-refractivity contribution in [2.45, 2.75) is 19.9 Å². The van der Waals surface area contributed by atoms with E-state index in [9.17, 15) is 4.79 Å². The lowest BCUT2D eigenvalue weighted by Gasteiger charge is -2.20. The van der Waals surface area contributed by atoms with Gasteiger partial charge in [0.15, 0.2) is 0 Å². The van der Waals surface area contributed by atoms with E-state index in [0.29, 0.717) is 19.1 Å². The summed E-state index contributed by atoms with van der Waals surface area (Å²) in [5.74, 6) is 5.21. The highest BCUT2D eigenvalue weighted by molar-refractivity contribution is 5.88. The molecule has 1 atom stereocenters. The van der Waals surface area contributed by atoms with Gasteiger partial charge in [-0.25, -0.2) is 10.8 Å². The van der Waals surface area contributed by atoms with E-state index in [-0.39, 0.29) is 5.92 Å². The van der Waals surface area contributed by atoms with E-state index in [4.69, 9.17) is 16.3 Å². The highest BCUT2D eigenvalue weighted by Crippen LogP contribution is 2.00. The molecule has 94 valence electrons. The van der Waals surface area contributed by atoms with Crippen LogP contribution in [0.5, 0.6) is 0 Å². The van der Waals surface area contributed by atoms with Gasteiger partial charge in [0.1, 0.15) is 6.04 Å². The van der Waals surface area contributed by atoms with Gasteiger partial charge in [0.05, 0.1) is 13.2 Å². The van der Waals surface area contributed by atoms with Gasteiger partial charge in [0.25, 0.3) is 0 Å². The number of ether oxygens (including phenoxy) is 1. The Bertz CT molecular complexity index is 242. The number of nitrogens with two attached hydrogens (primary N) is 2. The van der Waals surface area contributed by atoms with Crippen molar-refractivity contribution in [2.24, 2.45) is 22.5 Å². The molecule has 16 heavy (non-hydrogen) atoms. The molecule has 1 unspecified atom stereocenters. The first kappa shape index (κ1) is 14.7. The van der Waals surface area contributed by atoms with E-state index < -0.39 is 11.9 Å². The number of amides is 1. The molecule has 7 nitrogen and oxygen atoms in total. The highest BCUT2D eigenvalue weighted by atomic mass is 16.5. The van der Waals surface area contributed by atoms with Crippen molar-refractivity contribution in [1.29, 1.82) is 0 Å². The van der Waals surface area contributed by atoms with E-state index in [1.54, 1.807) is 7.11 Å². The van der Waals surface area contributed by atoms with Crippen molar-refractivity contribution in [2.75, 3.05) is 20.3 Å². The fourth-order valence-corrected chi connectivity index (χ4v) is 1.10. The van der Waals surface area contributed by atoms with E-state index in [1.165, 1.54) is 0 Å². The second kappa shape index (κ2) is 7.89. The molecule has 0 rings (SSSR count). The normalized spacial score (nSPS) is 13.7. The molecule has 0 fully saturated rings. The van der Waals surface area contributed by atoms with Gasteiger partial charge in [-0.2, -0.15) is 0 Å². The number of hydrazine groups is 1. The van der Waals surface area contributed by atoms with Crippen molar-refractivity contribution in [1.82, 2.24) is 10.7 Å². The summed E-state index contributed by atoms with van der Waals surface area (Å²) in [6, 6.07) is -0.502. The fourth-order valence-electron chi connectivity index (χ4n) is 1.10. The molecule has 0 saturated carbocycles. The molecule has 0 aromatic carbocycles. The molecular formula is C9H21N5O2. The zero-order chi connectivity index (χ0) is 12.6. The summed E-state index contributed by atoms with van der Waals surface area (Å²) in [7, 11) is 1.58. The molecule has 0 spiro atoms. The first-order chi connectivity index (χ1) is 7.52. The number of aliphatic imine (C=N–C) groups is 1. The largest absolute Gasteiger partial charge is 0.383 e. The topological polar surface area (TPSA) is 115 Å². The minimum atomic E-state index is -0.502. The Morgan fingerprint density at radius 3 is 2.50 bits per heavy atom. The number of primary amides is 1. The van der Waals surface area contributed by atoms with Crippen molar-refractivity contribution in [3.05, 3.63) is 0 Å². The number of carbonyl (C=O) groups excluding carboxylic acids is 1. The Labute approximate surface area is 95.6 Å². The van der Waals surface area contributed by atoms with Crippen LogP contribution in [0.2, 0.25) is 0 Å². The van der Waals surface area contributed by atoms with Gasteiger partial charge in [0.2, 0.25) is 11.9 Å². The van der Waals surface area contributed by atoms with E-state index in [0.717, 1.165) is 0 Å². The minimum absolute atomic E-state index is 0.0541. The predicted octanol–water partition coefficient (Wildman–Crippen LogP) is -1.45. The average molecular weight is 231 g/mol. The highest BCUT2D eigenvalue weighted by Gasteiger charge is 2.20. The number of hydrogen-bond acceptors (Lipinski definition) is 4. The van der Waals surface area contributed by atoms with Gasteiger partial charge in [-0.1, -0.05) is 13.8 Å². The van der Waals surface area contributed by atoms with Crippen LogP contribution in [0.4, 0.5) is 0 Å². The summed E-state index contributed by atoms with van der Waals surface area (Å²) in [5.41, 5.74) is 7.62. The summed E-state index contributed by atoms with van der Waals surface area (Å²) in [6.07, 6.45) is 0. The maximum atomic E-state index is 11.1. The van der Waals surface area contributed by atoms with Crippen molar-refractivity contribution in [3.8, 4) is 0 Å². The van der Waals surface area contributed by atoms with Gasteiger partial charge in [-0.05, 0) is 5.92 Å². The molecule has 0 saturated heterocycles. The maximum Gasteiger partial charge on any atom is 0.240 e. The second-order valence-corrected chi connectivity index (χ2v) is 3.64. The quantitative estimate of drug-likeness (QED) is 0.147. The first-order valence-electron chi connectivity index (χ1n) is 5.08. The fraction of sp³-hybridized carbons (Fsp3) is 0.778. The van der Waals surface area contributed by atoms with Crippen LogP contribution >= 0.6 is 0 Å². The van der Waals surface area contributed by atoms with Crippen LogP contribution in [-0.2, 0) is 9.53 Å². The Morgan fingerprint density at radius 1 is 1.50 bits per heavy atom. The van der Waals surface area contributed by atoms with Crippen LogP contribution in [0.3, 0.4) is 0 Å². The minimum Gasteiger partial charge on any atom is -0.383 e. The summed E-state index contributed by atoms with van der Waals surface area (Å²) in [5, 5.41) is 2.85. The van der Waals surface area contributed by atoms with Crippen molar-refractivity contribution < 1.29 is 9.53 Å². The number of carbonyl (C=O) groups is 1. The maximum absolute atomic E-state index is 11.1. The number of nitrogens with zero attached hydrogens (tertiary/aromatic N) is 1. The molecule has 0 bridgehead atoms. The molecule has 0 aliphatic carbocycles. The smallest absolute Gasteiger partial charge is 0.240 e. The van der Waals surface area contributed by atoms with Crippen LogP contribution in [0.15, 0.2) is 4.99 Å². The summed E-state index contributed by atoms with van der Waals surface area (Å²) >= 11 is 0. The van der Waals surface area contributed by atoms with Crippen LogP contribution in [0.1, 0.15) is 13.8 Å². The Hall–Kier alpha value is -1.34. The van der Waals surface area contributed by atoms with Crippen LogP contribution in [0.25, 0.3) is 0 Å². The first-order valence-corrected chi connectivity index (χ1v) is 5.08. The summed E-state index contributed by atoms with van der Waals surface area (Å²) in [6.45, 7) is 4.69. The second-order valence-electron chi connectivity index (χ2n) is 3.64. The Kier molecular flexibility index (Phi) is 7.23. The lowest BCUT2D eigenvalue weighted by Crippen LogP contribution is -2.53. The number of rotatable bonds is 6. The molecule has 0 aromatic rings. The van der Waals surface area contributed by atoms with Gasteiger partial charge in [-0.3, -0.25) is 10.2 Å². The number of guanidine groups is 1. The van der Waals surface area contributed by atoms with Crippen LogP contribution in [-0.4, -0.2) is 38.2 Å². The Morgan fingerprint density at radius 2 is 2.12 bits per heavy atom. The lowest BCUT2D eigenvalue weighted by molar-refractivity contribution is -0.120. The molecule has 0 aromatic heterocycles. The molecule has 1 amide bonds. The zero-order valence-electron chi connectivity index (χ0n) is 9.99. The average Bonchev–Trinajstić information content (AvgIpc) is 2.22.